The van der Waals surface area contributed by atoms with Gasteiger partial charge in [0.1, 0.15) is 0 Å². The van der Waals surface area contributed by atoms with Gasteiger partial charge >= 0.3 is 0 Å². The molecule has 3 aromatic rings. The van der Waals surface area contributed by atoms with Gasteiger partial charge < -0.3 is 15.6 Å². The number of hydrogen-bond acceptors (Lipinski definition) is 6. The molecule has 30 heavy (non-hydrogen) atoms. The van der Waals surface area contributed by atoms with E-state index in [0.29, 0.717) is 16.7 Å². The molecule has 10 heteroatoms. The van der Waals surface area contributed by atoms with Gasteiger partial charge in [0.2, 0.25) is 17.4 Å². The number of hydrogen-bond donors (Lipinski definition) is 3. The maximum Gasteiger partial charge on any atom is 0.248 e. The van der Waals surface area contributed by atoms with Crippen molar-refractivity contribution in [3.63, 3.8) is 0 Å². The number of rotatable bonds is 5. The highest BCUT2D eigenvalue weighted by Gasteiger charge is 2.26. The zero-order valence-electron chi connectivity index (χ0n) is 16.4. The molecule has 9 nitrogen and oxygen atoms in total. The van der Waals surface area contributed by atoms with E-state index in [0.717, 1.165) is 36.9 Å². The molecule has 0 unspecified atom stereocenters. The number of carbonyl (C=O) groups is 1. The van der Waals surface area contributed by atoms with Gasteiger partial charge in [-0.25, -0.2) is 14.6 Å². The van der Waals surface area contributed by atoms with Crippen LogP contribution in [0.3, 0.4) is 0 Å². The number of anilines is 1. The van der Waals surface area contributed by atoms with E-state index in [9.17, 15) is 9.59 Å². The van der Waals surface area contributed by atoms with E-state index < -0.39 is 0 Å². The van der Waals surface area contributed by atoms with Gasteiger partial charge in [-0.05, 0) is 31.7 Å². The Morgan fingerprint density at radius 2 is 2.03 bits per heavy atom. The number of aromatic amines is 1. The molecule has 3 N–H and O–H groups in total. The maximum atomic E-state index is 11.8. The summed E-state index contributed by atoms with van der Waals surface area (Å²) in [4.78, 5) is 34.6. The monoisotopic (exact) mass is 427 g/mol. The Morgan fingerprint density at radius 3 is 2.73 bits per heavy atom. The molecule has 156 valence electrons. The maximum absolute atomic E-state index is 11.8. The van der Waals surface area contributed by atoms with Gasteiger partial charge in [0, 0.05) is 43.0 Å². The van der Waals surface area contributed by atoms with Crippen LogP contribution >= 0.6 is 11.6 Å². The summed E-state index contributed by atoms with van der Waals surface area (Å²) in [6.07, 6.45) is 10.0. The highest BCUT2D eigenvalue weighted by Crippen LogP contribution is 2.29. The van der Waals surface area contributed by atoms with Crippen molar-refractivity contribution >= 4 is 23.5 Å². The van der Waals surface area contributed by atoms with Gasteiger partial charge in [0.25, 0.3) is 0 Å². The van der Waals surface area contributed by atoms with E-state index in [1.54, 1.807) is 42.6 Å². The zero-order chi connectivity index (χ0) is 21.1. The Morgan fingerprint density at radius 1 is 1.23 bits per heavy atom. The molecule has 0 spiro atoms. The average molecular weight is 428 g/mol. The number of halogens is 1. The van der Waals surface area contributed by atoms with Crippen molar-refractivity contribution < 1.29 is 4.79 Å². The van der Waals surface area contributed by atoms with Crippen molar-refractivity contribution in [2.75, 3.05) is 12.4 Å². The topological polar surface area (TPSA) is 118 Å². The van der Waals surface area contributed by atoms with Crippen LogP contribution in [0, 0.1) is 5.92 Å². The van der Waals surface area contributed by atoms with Gasteiger partial charge in [-0.2, -0.15) is 5.10 Å². The first kappa shape index (κ1) is 20.1. The molecule has 3 aromatic heterocycles. The molecule has 3 heterocycles. The lowest BCUT2D eigenvalue weighted by Gasteiger charge is -2.28. The molecule has 4 rings (SSSR count). The third-order valence-electron chi connectivity index (χ3n) is 5.31. The van der Waals surface area contributed by atoms with Crippen molar-refractivity contribution in [1.82, 2.24) is 30.0 Å². The van der Waals surface area contributed by atoms with Crippen molar-refractivity contribution in [3.05, 3.63) is 52.3 Å². The summed E-state index contributed by atoms with van der Waals surface area (Å²) in [7, 11) is 1.68. The number of amides is 1. The van der Waals surface area contributed by atoms with Crippen LogP contribution in [0.5, 0.6) is 0 Å². The fourth-order valence-electron chi connectivity index (χ4n) is 3.66. The van der Waals surface area contributed by atoms with Crippen LogP contribution in [0.25, 0.3) is 16.9 Å². The first-order valence-electron chi connectivity index (χ1n) is 9.78. The SMILES string of the molecule is CNC(=O)C1CCC(Nc2ncc(Cl)c(-c3cnn(-c4ccc(=O)[nH]c4)c3)n2)CC1. The number of carbonyl (C=O) groups excluding carboxylic acids is 1. The van der Waals surface area contributed by atoms with E-state index in [2.05, 4.69) is 30.7 Å². The summed E-state index contributed by atoms with van der Waals surface area (Å²) in [5.74, 6) is 0.682. The molecular formula is C20H22ClN7O2. The molecule has 1 saturated carbocycles. The highest BCUT2D eigenvalue weighted by molar-refractivity contribution is 6.32. The molecular weight excluding hydrogens is 406 g/mol. The summed E-state index contributed by atoms with van der Waals surface area (Å²) < 4.78 is 1.64. The van der Waals surface area contributed by atoms with Crippen molar-refractivity contribution in [2.24, 2.45) is 5.92 Å². The van der Waals surface area contributed by atoms with Gasteiger partial charge in [0.05, 0.1) is 28.8 Å². The molecule has 0 aliphatic heterocycles. The summed E-state index contributed by atoms with van der Waals surface area (Å²) in [5, 5.41) is 10.8. The molecule has 0 saturated heterocycles. The Bertz CT molecular complexity index is 1080. The Hall–Kier alpha value is -3.20. The fraction of sp³-hybridized carbons (Fsp3) is 0.350. The first-order valence-corrected chi connectivity index (χ1v) is 10.2. The predicted octanol–water partition coefficient (Wildman–Crippen LogP) is 2.39. The smallest absolute Gasteiger partial charge is 0.248 e. The summed E-state index contributed by atoms with van der Waals surface area (Å²) in [5.41, 5.74) is 1.85. The normalized spacial score (nSPS) is 18.7. The number of nitrogens with one attached hydrogen (secondary N) is 3. The second-order valence-electron chi connectivity index (χ2n) is 7.28. The van der Waals surface area contributed by atoms with Crippen LogP contribution in [-0.2, 0) is 4.79 Å². The minimum absolute atomic E-state index is 0.0773. The second kappa shape index (κ2) is 8.66. The van der Waals surface area contributed by atoms with Crippen molar-refractivity contribution in [1.29, 1.82) is 0 Å². The lowest BCUT2D eigenvalue weighted by molar-refractivity contribution is -0.125. The molecule has 1 amide bonds. The summed E-state index contributed by atoms with van der Waals surface area (Å²) >= 11 is 6.34. The van der Waals surface area contributed by atoms with Gasteiger partial charge in [-0.1, -0.05) is 11.6 Å². The third kappa shape index (κ3) is 4.35. The quantitative estimate of drug-likeness (QED) is 0.575. The lowest BCUT2D eigenvalue weighted by atomic mass is 9.85. The molecule has 1 fully saturated rings. The van der Waals surface area contributed by atoms with Crippen LogP contribution in [0.1, 0.15) is 25.7 Å². The standard InChI is InChI=1S/C20H22ClN7O2/c1-22-19(30)12-2-4-14(5-3-12)26-20-24-10-16(21)18(27-20)13-8-25-28(11-13)15-6-7-17(29)23-9-15/h6-12,14H,2-5H2,1H3,(H,22,30)(H,23,29)(H,24,26,27). The first-order chi connectivity index (χ1) is 14.5. The Kier molecular flexibility index (Phi) is 5.80. The Labute approximate surface area is 177 Å². The molecule has 0 atom stereocenters. The van der Waals surface area contributed by atoms with E-state index in [1.807, 2.05) is 0 Å². The second-order valence-corrected chi connectivity index (χ2v) is 7.69. The Balaban J connectivity index is 1.48. The number of aromatic nitrogens is 5. The minimum Gasteiger partial charge on any atom is -0.359 e. The largest absolute Gasteiger partial charge is 0.359 e. The van der Waals surface area contributed by atoms with Gasteiger partial charge in [0.15, 0.2) is 0 Å². The lowest BCUT2D eigenvalue weighted by Crippen LogP contribution is -2.34. The molecule has 1 aliphatic rings. The summed E-state index contributed by atoms with van der Waals surface area (Å²) in [6.45, 7) is 0. The zero-order valence-corrected chi connectivity index (χ0v) is 17.2. The molecule has 0 bridgehead atoms. The van der Waals surface area contributed by atoms with Crippen LogP contribution < -0.4 is 16.2 Å². The van der Waals surface area contributed by atoms with Crippen LogP contribution in [0.4, 0.5) is 5.95 Å². The van der Waals surface area contributed by atoms with Crippen LogP contribution in [0.15, 0.2) is 41.7 Å². The van der Waals surface area contributed by atoms with E-state index in [1.165, 1.54) is 6.07 Å². The highest BCUT2D eigenvalue weighted by atomic mass is 35.5. The average Bonchev–Trinajstić information content (AvgIpc) is 3.25. The molecule has 0 aromatic carbocycles. The molecule has 0 radical (unpaired) electrons. The van der Waals surface area contributed by atoms with Crippen molar-refractivity contribution in [3.8, 4) is 16.9 Å². The number of nitrogens with zero attached hydrogens (tertiary/aromatic N) is 4. The summed E-state index contributed by atoms with van der Waals surface area (Å²) in [6, 6.07) is 3.33. The van der Waals surface area contributed by atoms with Gasteiger partial charge in [-0.15, -0.1) is 0 Å². The predicted molar refractivity (Wildman–Crippen MR) is 114 cm³/mol. The number of pyridine rings is 1. The van der Waals surface area contributed by atoms with E-state index in [-0.39, 0.29) is 23.4 Å². The van der Waals surface area contributed by atoms with Crippen LogP contribution in [0.2, 0.25) is 5.02 Å². The van der Waals surface area contributed by atoms with Gasteiger partial charge in [-0.3, -0.25) is 9.59 Å². The van der Waals surface area contributed by atoms with E-state index in [4.69, 9.17) is 11.6 Å². The van der Waals surface area contributed by atoms with Crippen molar-refractivity contribution in [2.45, 2.75) is 31.7 Å². The van der Waals surface area contributed by atoms with E-state index >= 15 is 0 Å². The third-order valence-corrected chi connectivity index (χ3v) is 5.59. The minimum atomic E-state index is -0.176. The fourth-order valence-corrected chi connectivity index (χ4v) is 3.86. The molecule has 1 aliphatic carbocycles. The van der Waals surface area contributed by atoms with Crippen LogP contribution in [-0.4, -0.2) is 43.7 Å². The number of H-pyrrole nitrogens is 1.